The first kappa shape index (κ1) is 7.23. The van der Waals surface area contributed by atoms with Crippen molar-refractivity contribution in [1.82, 2.24) is 4.98 Å². The van der Waals surface area contributed by atoms with E-state index in [-0.39, 0.29) is 0 Å². The number of hydrogen-bond acceptors (Lipinski definition) is 2. The summed E-state index contributed by atoms with van der Waals surface area (Å²) >= 11 is 0. The first-order valence-corrected chi connectivity index (χ1v) is 4.24. The van der Waals surface area contributed by atoms with Gasteiger partial charge in [0, 0.05) is 19.3 Å². The van der Waals surface area contributed by atoms with E-state index in [0.29, 0.717) is 0 Å². The molecule has 0 aromatic carbocycles. The Hall–Kier alpha value is -1.43. The number of nitriles is 1. The maximum absolute atomic E-state index is 8.77. The first-order valence-electron chi connectivity index (χ1n) is 4.24. The van der Waals surface area contributed by atoms with Crippen molar-refractivity contribution in [2.24, 2.45) is 0 Å². The van der Waals surface area contributed by atoms with Gasteiger partial charge in [-0.1, -0.05) is 0 Å². The maximum atomic E-state index is 8.77. The van der Waals surface area contributed by atoms with E-state index in [0.717, 1.165) is 24.5 Å². The van der Waals surface area contributed by atoms with Crippen molar-refractivity contribution in [2.45, 2.75) is 12.8 Å². The Kier molecular flexibility index (Phi) is 1.75. The Labute approximate surface area is 71.6 Å². The number of hydrogen-bond donors (Lipinski definition) is 1. The summed E-state index contributed by atoms with van der Waals surface area (Å²) in [5, 5.41) is 8.77. The van der Waals surface area contributed by atoms with Crippen LogP contribution in [0.2, 0.25) is 0 Å². The molecule has 0 spiro atoms. The minimum Gasteiger partial charge on any atom is -0.357 e. The molecule has 0 radical (unpaired) electrons. The van der Waals surface area contributed by atoms with Gasteiger partial charge in [-0.25, -0.2) is 0 Å². The van der Waals surface area contributed by atoms with Crippen LogP contribution in [0.25, 0.3) is 0 Å². The number of nitrogens with zero attached hydrogens (tertiary/aromatic N) is 2. The minimum atomic E-state index is 0.761. The number of anilines is 1. The van der Waals surface area contributed by atoms with E-state index in [1.807, 2.05) is 12.3 Å². The van der Waals surface area contributed by atoms with Gasteiger partial charge in [-0.2, -0.15) is 5.26 Å². The summed E-state index contributed by atoms with van der Waals surface area (Å²) in [5.74, 6) is 0.995. The van der Waals surface area contributed by atoms with E-state index in [1.54, 1.807) is 0 Å². The van der Waals surface area contributed by atoms with Gasteiger partial charge in [0.15, 0.2) is 0 Å². The molecule has 1 N–H and O–H groups in total. The molecule has 0 aliphatic carbocycles. The fraction of sp³-hybridized carbons (Fsp3) is 0.444. The third-order valence-corrected chi connectivity index (χ3v) is 2.27. The molecule has 62 valence electrons. The standard InChI is InChI=1S/C9H11N3/c10-7-8-3-4-11-9(8)12-5-1-2-6-12/h3-4,11H,1-2,5-6H2. The molecule has 0 bridgehead atoms. The molecule has 0 saturated carbocycles. The third-order valence-electron chi connectivity index (χ3n) is 2.27. The molecule has 12 heavy (non-hydrogen) atoms. The quantitative estimate of drug-likeness (QED) is 0.678. The van der Waals surface area contributed by atoms with Gasteiger partial charge >= 0.3 is 0 Å². The molecule has 1 saturated heterocycles. The monoisotopic (exact) mass is 161 g/mol. The summed E-state index contributed by atoms with van der Waals surface area (Å²) in [6.07, 6.45) is 4.31. The van der Waals surface area contributed by atoms with Crippen LogP contribution < -0.4 is 4.90 Å². The average molecular weight is 161 g/mol. The molecule has 1 aromatic rings. The average Bonchev–Trinajstić information content (AvgIpc) is 2.74. The summed E-state index contributed by atoms with van der Waals surface area (Å²) in [4.78, 5) is 5.34. The van der Waals surface area contributed by atoms with Crippen molar-refractivity contribution in [3.8, 4) is 6.07 Å². The molecule has 1 aromatic heterocycles. The molecule has 0 atom stereocenters. The Morgan fingerprint density at radius 2 is 2.17 bits per heavy atom. The van der Waals surface area contributed by atoms with Gasteiger partial charge in [-0.05, 0) is 18.9 Å². The predicted molar refractivity (Wildman–Crippen MR) is 47.0 cm³/mol. The fourth-order valence-corrected chi connectivity index (χ4v) is 1.65. The zero-order valence-corrected chi connectivity index (χ0v) is 6.88. The number of H-pyrrole nitrogens is 1. The second-order valence-corrected chi connectivity index (χ2v) is 3.05. The first-order chi connectivity index (χ1) is 5.92. The van der Waals surface area contributed by atoms with Crippen LogP contribution in [0.3, 0.4) is 0 Å². The second kappa shape index (κ2) is 2.90. The van der Waals surface area contributed by atoms with Crippen LogP contribution in [0.15, 0.2) is 12.3 Å². The molecular formula is C9H11N3. The topological polar surface area (TPSA) is 42.8 Å². The molecule has 1 aliphatic heterocycles. The van der Waals surface area contributed by atoms with Gasteiger partial charge in [-0.15, -0.1) is 0 Å². The highest BCUT2D eigenvalue weighted by atomic mass is 15.2. The SMILES string of the molecule is N#Cc1cc[nH]c1N1CCCC1. The number of nitrogens with one attached hydrogen (secondary N) is 1. The Morgan fingerprint density at radius 1 is 1.42 bits per heavy atom. The number of rotatable bonds is 1. The van der Waals surface area contributed by atoms with Crippen LogP contribution in [0.5, 0.6) is 0 Å². The Bertz CT molecular complexity index is 302. The molecule has 2 rings (SSSR count). The van der Waals surface area contributed by atoms with Crippen molar-refractivity contribution in [1.29, 1.82) is 5.26 Å². The highest BCUT2D eigenvalue weighted by Gasteiger charge is 2.15. The van der Waals surface area contributed by atoms with Crippen LogP contribution in [-0.2, 0) is 0 Å². The second-order valence-electron chi connectivity index (χ2n) is 3.05. The summed E-state index contributed by atoms with van der Waals surface area (Å²) < 4.78 is 0. The van der Waals surface area contributed by atoms with Crippen molar-refractivity contribution >= 4 is 5.82 Å². The van der Waals surface area contributed by atoms with Gasteiger partial charge < -0.3 is 9.88 Å². The van der Waals surface area contributed by atoms with Crippen molar-refractivity contribution in [3.05, 3.63) is 17.8 Å². The van der Waals surface area contributed by atoms with Gasteiger partial charge in [0.1, 0.15) is 11.9 Å². The molecule has 0 amide bonds. The van der Waals surface area contributed by atoms with Crippen molar-refractivity contribution < 1.29 is 0 Å². The summed E-state index contributed by atoms with van der Waals surface area (Å²) in [5.41, 5.74) is 0.761. The normalized spacial score (nSPS) is 16.4. The van der Waals surface area contributed by atoms with Gasteiger partial charge in [0.25, 0.3) is 0 Å². The molecular weight excluding hydrogens is 150 g/mol. The predicted octanol–water partition coefficient (Wildman–Crippen LogP) is 1.49. The van der Waals surface area contributed by atoms with E-state index in [9.17, 15) is 0 Å². The van der Waals surface area contributed by atoms with Gasteiger partial charge in [0.2, 0.25) is 0 Å². The van der Waals surface area contributed by atoms with Crippen LogP contribution in [0, 0.1) is 11.3 Å². The van der Waals surface area contributed by atoms with E-state index in [1.165, 1.54) is 12.8 Å². The number of aromatic amines is 1. The van der Waals surface area contributed by atoms with Crippen molar-refractivity contribution in [3.63, 3.8) is 0 Å². The summed E-state index contributed by atoms with van der Waals surface area (Å²) in [6.45, 7) is 2.16. The molecule has 3 nitrogen and oxygen atoms in total. The fourth-order valence-electron chi connectivity index (χ4n) is 1.65. The summed E-state index contributed by atoms with van der Waals surface area (Å²) in [7, 11) is 0. The number of aromatic nitrogens is 1. The molecule has 3 heteroatoms. The molecule has 1 aliphatic rings. The Morgan fingerprint density at radius 3 is 2.83 bits per heavy atom. The van der Waals surface area contributed by atoms with E-state index < -0.39 is 0 Å². The van der Waals surface area contributed by atoms with Crippen LogP contribution in [0.1, 0.15) is 18.4 Å². The van der Waals surface area contributed by atoms with E-state index in [4.69, 9.17) is 5.26 Å². The summed E-state index contributed by atoms with van der Waals surface area (Å²) in [6, 6.07) is 4.01. The maximum Gasteiger partial charge on any atom is 0.124 e. The Balaban J connectivity index is 2.27. The van der Waals surface area contributed by atoms with E-state index in [2.05, 4.69) is 16.0 Å². The van der Waals surface area contributed by atoms with Crippen molar-refractivity contribution in [2.75, 3.05) is 18.0 Å². The molecule has 0 unspecified atom stereocenters. The lowest BCUT2D eigenvalue weighted by Crippen LogP contribution is -2.18. The van der Waals surface area contributed by atoms with Crippen LogP contribution in [-0.4, -0.2) is 18.1 Å². The minimum absolute atomic E-state index is 0.761. The van der Waals surface area contributed by atoms with Gasteiger partial charge in [-0.3, -0.25) is 0 Å². The molecule has 2 heterocycles. The smallest absolute Gasteiger partial charge is 0.124 e. The molecule has 1 fully saturated rings. The lowest BCUT2D eigenvalue weighted by atomic mass is 10.3. The zero-order chi connectivity index (χ0) is 8.39. The van der Waals surface area contributed by atoms with Crippen LogP contribution >= 0.6 is 0 Å². The van der Waals surface area contributed by atoms with Crippen LogP contribution in [0.4, 0.5) is 5.82 Å². The zero-order valence-electron chi connectivity index (χ0n) is 6.88. The van der Waals surface area contributed by atoms with E-state index >= 15 is 0 Å². The third kappa shape index (κ3) is 1.06. The van der Waals surface area contributed by atoms with Gasteiger partial charge in [0.05, 0.1) is 5.56 Å². The highest BCUT2D eigenvalue weighted by molar-refractivity contribution is 5.54. The lowest BCUT2D eigenvalue weighted by molar-refractivity contribution is 0.943. The lowest BCUT2D eigenvalue weighted by Gasteiger charge is -2.15. The highest BCUT2D eigenvalue weighted by Crippen LogP contribution is 2.21. The largest absolute Gasteiger partial charge is 0.357 e.